The van der Waals surface area contributed by atoms with Crippen LogP contribution in [0.3, 0.4) is 0 Å². The van der Waals surface area contributed by atoms with Gasteiger partial charge in [-0.15, -0.1) is 0 Å². The van der Waals surface area contributed by atoms with Gasteiger partial charge in [-0.25, -0.2) is 9.18 Å². The van der Waals surface area contributed by atoms with Gasteiger partial charge in [-0.3, -0.25) is 4.90 Å². The van der Waals surface area contributed by atoms with Crippen LogP contribution in [0.4, 0.5) is 9.18 Å². The predicted molar refractivity (Wildman–Crippen MR) is 133 cm³/mol. The third kappa shape index (κ3) is 4.04. The maximum Gasteiger partial charge on any atom is 0.410 e. The first kappa shape index (κ1) is 22.1. The summed E-state index contributed by atoms with van der Waals surface area (Å²) >= 11 is 0. The Morgan fingerprint density at radius 1 is 1.03 bits per heavy atom. The van der Waals surface area contributed by atoms with Gasteiger partial charge >= 0.3 is 6.09 Å². The summed E-state index contributed by atoms with van der Waals surface area (Å²) in [5.41, 5.74) is 7.66. The lowest BCUT2D eigenvalue weighted by molar-refractivity contribution is -0.0363. The molecule has 35 heavy (non-hydrogen) atoms. The van der Waals surface area contributed by atoms with Gasteiger partial charge in [0, 0.05) is 5.92 Å². The number of carbonyl (C=O) groups is 1. The summed E-state index contributed by atoms with van der Waals surface area (Å²) in [6.07, 6.45) is 3.20. The van der Waals surface area contributed by atoms with Crippen molar-refractivity contribution in [1.29, 1.82) is 0 Å². The van der Waals surface area contributed by atoms with Crippen molar-refractivity contribution in [1.82, 2.24) is 4.90 Å². The molecule has 3 aliphatic rings. The summed E-state index contributed by atoms with van der Waals surface area (Å²) < 4.78 is 25.7. The molecule has 6 rings (SSSR count). The number of nitrogens with zero attached hydrogens (tertiary/aromatic N) is 1. The summed E-state index contributed by atoms with van der Waals surface area (Å²) in [4.78, 5) is 15.2. The van der Waals surface area contributed by atoms with E-state index in [0.717, 1.165) is 5.56 Å². The fourth-order valence-corrected chi connectivity index (χ4v) is 5.78. The van der Waals surface area contributed by atoms with Gasteiger partial charge < -0.3 is 9.47 Å². The van der Waals surface area contributed by atoms with Crippen molar-refractivity contribution in [2.75, 3.05) is 19.8 Å². The number of fused-ring (bicyclic) bond motifs is 5. The Kier molecular flexibility index (Phi) is 5.65. The number of morpholine rings is 1. The molecule has 5 heteroatoms. The van der Waals surface area contributed by atoms with Crippen molar-refractivity contribution in [3.05, 3.63) is 106 Å². The lowest BCUT2D eigenvalue weighted by Gasteiger charge is -2.44. The van der Waals surface area contributed by atoms with Gasteiger partial charge in [0.05, 0.1) is 25.3 Å². The average Bonchev–Trinajstić information content (AvgIpc) is 3.18. The fourth-order valence-electron chi connectivity index (χ4n) is 5.78. The van der Waals surface area contributed by atoms with Crippen LogP contribution in [-0.2, 0) is 15.9 Å². The van der Waals surface area contributed by atoms with Gasteiger partial charge in [0.25, 0.3) is 0 Å². The first-order valence-electron chi connectivity index (χ1n) is 12.2. The molecule has 178 valence electrons. The number of carbonyl (C=O) groups excluding carboxylic acids is 1. The zero-order valence-corrected chi connectivity index (χ0v) is 19.7. The van der Waals surface area contributed by atoms with E-state index in [1.165, 1.54) is 27.8 Å². The molecule has 0 spiro atoms. The smallest absolute Gasteiger partial charge is 0.410 e. The molecular formula is C30H28FNO3. The van der Waals surface area contributed by atoms with Crippen LogP contribution >= 0.6 is 0 Å². The van der Waals surface area contributed by atoms with E-state index < -0.39 is 0 Å². The Bertz CT molecular complexity index is 1270. The minimum absolute atomic E-state index is 0.0368. The van der Waals surface area contributed by atoms with E-state index in [9.17, 15) is 9.18 Å². The maximum atomic E-state index is 14.0. The Hall–Kier alpha value is -3.44. The number of hydrogen-bond donors (Lipinski definition) is 0. The first-order valence-corrected chi connectivity index (χ1v) is 12.2. The van der Waals surface area contributed by atoms with Gasteiger partial charge in [0.15, 0.2) is 0 Å². The molecule has 3 aromatic carbocycles. The molecule has 2 heterocycles. The van der Waals surface area contributed by atoms with Crippen molar-refractivity contribution < 1.29 is 18.7 Å². The average molecular weight is 470 g/mol. The molecule has 1 aliphatic carbocycles. The van der Waals surface area contributed by atoms with Crippen LogP contribution in [-0.4, -0.2) is 42.9 Å². The molecule has 2 unspecified atom stereocenters. The van der Waals surface area contributed by atoms with Crippen LogP contribution in [0.2, 0.25) is 0 Å². The summed E-state index contributed by atoms with van der Waals surface area (Å²) in [5.74, 6) is -0.141. The van der Waals surface area contributed by atoms with Crippen LogP contribution in [0.25, 0.3) is 11.1 Å². The summed E-state index contributed by atoms with van der Waals surface area (Å²) in [6, 6.07) is 21.9. The highest BCUT2D eigenvalue weighted by molar-refractivity contribution is 5.79. The van der Waals surface area contributed by atoms with Crippen molar-refractivity contribution in [2.45, 2.75) is 37.8 Å². The van der Waals surface area contributed by atoms with E-state index >= 15 is 0 Å². The number of halogens is 1. The Morgan fingerprint density at radius 2 is 1.74 bits per heavy atom. The second kappa shape index (κ2) is 8.97. The zero-order valence-electron chi connectivity index (χ0n) is 19.7. The van der Waals surface area contributed by atoms with E-state index in [4.69, 9.17) is 9.47 Å². The second-order valence-corrected chi connectivity index (χ2v) is 9.76. The lowest BCUT2D eigenvalue weighted by Crippen LogP contribution is -2.56. The van der Waals surface area contributed by atoms with Crippen LogP contribution in [0.1, 0.15) is 34.6 Å². The maximum absolute atomic E-state index is 14.0. The van der Waals surface area contributed by atoms with E-state index in [0.29, 0.717) is 38.2 Å². The van der Waals surface area contributed by atoms with E-state index in [2.05, 4.69) is 30.3 Å². The standard InChI is InChI=1S/C30H28FNO3/c1-19-10-11-20(15-29(19)31)12-21-13-22-16-34-17-23(14-21)32(22)30(33)35-18-28-26-8-4-2-6-24(26)25-7-3-5-9-27(25)28/h2-11,13,15,22-23,28H,12,14,16-18H2,1H3. The summed E-state index contributed by atoms with van der Waals surface area (Å²) in [5, 5.41) is 0. The van der Waals surface area contributed by atoms with Gasteiger partial charge in [-0.1, -0.05) is 72.3 Å². The van der Waals surface area contributed by atoms with Gasteiger partial charge in [0.1, 0.15) is 12.4 Å². The minimum atomic E-state index is -0.290. The van der Waals surface area contributed by atoms with Crippen LogP contribution in [0, 0.1) is 12.7 Å². The summed E-state index contributed by atoms with van der Waals surface area (Å²) in [7, 11) is 0. The molecule has 0 aromatic heterocycles. The first-order chi connectivity index (χ1) is 17.1. The van der Waals surface area contributed by atoms with Gasteiger partial charge in [0.2, 0.25) is 0 Å². The Balaban J connectivity index is 1.18. The molecule has 2 aliphatic heterocycles. The van der Waals surface area contributed by atoms with Crippen molar-refractivity contribution in [3.8, 4) is 11.1 Å². The molecule has 1 amide bonds. The summed E-state index contributed by atoms with van der Waals surface area (Å²) in [6.45, 7) is 3.02. The van der Waals surface area contributed by atoms with Crippen LogP contribution in [0.15, 0.2) is 78.4 Å². The number of hydrogen-bond acceptors (Lipinski definition) is 3. The van der Waals surface area contributed by atoms with Crippen LogP contribution in [0.5, 0.6) is 0 Å². The number of rotatable bonds is 4. The third-order valence-electron chi connectivity index (χ3n) is 7.49. The third-order valence-corrected chi connectivity index (χ3v) is 7.49. The quantitative estimate of drug-likeness (QED) is 0.438. The SMILES string of the molecule is Cc1ccc(CC2=CC3COCC(C2)N3C(=O)OCC2c3ccccc3-c3ccccc32)cc1F. The molecule has 0 radical (unpaired) electrons. The predicted octanol–water partition coefficient (Wildman–Crippen LogP) is 6.03. The number of aryl methyl sites for hydroxylation is 1. The molecule has 0 saturated carbocycles. The second-order valence-electron chi connectivity index (χ2n) is 9.76. The van der Waals surface area contributed by atoms with Gasteiger partial charge in [-0.2, -0.15) is 0 Å². The normalized spacial score (nSPS) is 20.7. The molecule has 2 atom stereocenters. The highest BCUT2D eigenvalue weighted by Gasteiger charge is 2.39. The number of amides is 1. The molecule has 0 N–H and O–H groups in total. The van der Waals surface area contributed by atoms with Gasteiger partial charge in [-0.05, 0) is 59.2 Å². The highest BCUT2D eigenvalue weighted by atomic mass is 19.1. The molecule has 1 saturated heterocycles. The Labute approximate surface area is 205 Å². The largest absolute Gasteiger partial charge is 0.448 e. The molecule has 3 aromatic rings. The Morgan fingerprint density at radius 3 is 2.43 bits per heavy atom. The molecule has 4 nitrogen and oxygen atoms in total. The molecule has 1 fully saturated rings. The topological polar surface area (TPSA) is 38.8 Å². The zero-order chi connectivity index (χ0) is 23.9. The van der Waals surface area contributed by atoms with E-state index in [1.807, 2.05) is 41.3 Å². The van der Waals surface area contributed by atoms with E-state index in [1.54, 1.807) is 13.0 Å². The molecular weight excluding hydrogens is 441 g/mol. The van der Waals surface area contributed by atoms with Crippen molar-refractivity contribution >= 4 is 6.09 Å². The number of ether oxygens (including phenoxy) is 2. The number of benzene rings is 3. The van der Waals surface area contributed by atoms with Crippen molar-refractivity contribution in [2.24, 2.45) is 0 Å². The highest BCUT2D eigenvalue weighted by Crippen LogP contribution is 2.44. The van der Waals surface area contributed by atoms with Crippen LogP contribution < -0.4 is 0 Å². The lowest BCUT2D eigenvalue weighted by atomic mass is 9.90. The van der Waals surface area contributed by atoms with E-state index in [-0.39, 0.29) is 29.9 Å². The monoisotopic (exact) mass is 469 g/mol. The fraction of sp³-hybridized carbons (Fsp3) is 0.300. The molecule has 2 bridgehead atoms. The minimum Gasteiger partial charge on any atom is -0.448 e. The van der Waals surface area contributed by atoms with Crippen molar-refractivity contribution in [3.63, 3.8) is 0 Å².